The SMILES string of the molecule is Oc1nc(-c2cccc(Cl)c2)[nH]c1/C=C1\C=Nc2ccccc21. The van der Waals surface area contributed by atoms with E-state index in [-0.39, 0.29) is 5.88 Å². The van der Waals surface area contributed by atoms with E-state index in [4.69, 9.17) is 11.6 Å². The van der Waals surface area contributed by atoms with Gasteiger partial charge in [0.1, 0.15) is 11.5 Å². The molecule has 3 aromatic rings. The Morgan fingerprint density at radius 3 is 2.83 bits per heavy atom. The topological polar surface area (TPSA) is 61.3 Å². The molecule has 0 radical (unpaired) electrons. The number of fused-ring (bicyclic) bond motifs is 1. The van der Waals surface area contributed by atoms with Gasteiger partial charge >= 0.3 is 0 Å². The number of halogens is 1. The van der Waals surface area contributed by atoms with Crippen molar-refractivity contribution in [1.82, 2.24) is 9.97 Å². The van der Waals surface area contributed by atoms with E-state index in [1.165, 1.54) is 0 Å². The molecule has 2 N–H and O–H groups in total. The molecule has 0 amide bonds. The molecule has 5 heteroatoms. The van der Waals surface area contributed by atoms with Crippen molar-refractivity contribution in [2.24, 2.45) is 4.99 Å². The average molecular weight is 322 g/mol. The molecular formula is C18H12ClN3O. The summed E-state index contributed by atoms with van der Waals surface area (Å²) < 4.78 is 0. The second-order valence-corrected chi connectivity index (χ2v) is 5.64. The van der Waals surface area contributed by atoms with E-state index in [0.717, 1.165) is 22.4 Å². The van der Waals surface area contributed by atoms with Gasteiger partial charge in [0.15, 0.2) is 0 Å². The van der Waals surface area contributed by atoms with Gasteiger partial charge in [-0.2, -0.15) is 4.98 Å². The maximum atomic E-state index is 10.1. The van der Waals surface area contributed by atoms with Crippen LogP contribution in [-0.4, -0.2) is 21.3 Å². The van der Waals surface area contributed by atoms with Crippen molar-refractivity contribution in [3.63, 3.8) is 0 Å². The molecule has 0 fully saturated rings. The van der Waals surface area contributed by atoms with Crippen LogP contribution in [0.25, 0.3) is 23.0 Å². The first-order valence-electron chi connectivity index (χ1n) is 7.11. The molecule has 4 nitrogen and oxygen atoms in total. The number of hydrogen-bond donors (Lipinski definition) is 2. The molecular weight excluding hydrogens is 310 g/mol. The third kappa shape index (κ3) is 2.53. The van der Waals surface area contributed by atoms with E-state index in [1.807, 2.05) is 42.5 Å². The highest BCUT2D eigenvalue weighted by Crippen LogP contribution is 2.33. The minimum atomic E-state index is -0.0507. The summed E-state index contributed by atoms with van der Waals surface area (Å²) >= 11 is 6.00. The Kier molecular flexibility index (Phi) is 3.24. The number of para-hydroxylation sites is 1. The fourth-order valence-electron chi connectivity index (χ4n) is 2.56. The number of nitrogens with one attached hydrogen (secondary N) is 1. The number of benzene rings is 2. The highest BCUT2D eigenvalue weighted by atomic mass is 35.5. The standard InChI is InChI=1S/C18H12ClN3O/c19-13-5-3-4-11(8-13)17-21-16(18(23)22-17)9-12-10-20-15-7-2-1-6-14(12)15/h1-10,23H,(H,21,22)/b12-9+. The molecule has 4 rings (SSSR count). The summed E-state index contributed by atoms with van der Waals surface area (Å²) in [5.74, 6) is 0.519. The molecule has 1 aliphatic rings. The molecule has 1 aliphatic heterocycles. The Labute approximate surface area is 137 Å². The number of aromatic hydroxyl groups is 1. The highest BCUT2D eigenvalue weighted by Gasteiger charge is 2.14. The number of H-pyrrole nitrogens is 1. The first-order chi connectivity index (χ1) is 11.2. The van der Waals surface area contributed by atoms with E-state index in [9.17, 15) is 5.11 Å². The lowest BCUT2D eigenvalue weighted by molar-refractivity contribution is 0.455. The third-order valence-corrected chi connectivity index (χ3v) is 3.90. The van der Waals surface area contributed by atoms with Gasteiger partial charge in [0.2, 0.25) is 5.88 Å². The molecule has 23 heavy (non-hydrogen) atoms. The van der Waals surface area contributed by atoms with E-state index in [0.29, 0.717) is 16.5 Å². The zero-order valence-corrected chi connectivity index (χ0v) is 12.7. The Balaban J connectivity index is 1.75. The zero-order valence-electron chi connectivity index (χ0n) is 12.0. The Hall–Kier alpha value is -2.85. The summed E-state index contributed by atoms with van der Waals surface area (Å²) in [6.45, 7) is 0. The summed E-state index contributed by atoms with van der Waals surface area (Å²) in [6.07, 6.45) is 3.62. The molecule has 0 saturated heterocycles. The zero-order chi connectivity index (χ0) is 15.8. The fourth-order valence-corrected chi connectivity index (χ4v) is 2.75. The second-order valence-electron chi connectivity index (χ2n) is 5.21. The predicted octanol–water partition coefficient (Wildman–Crippen LogP) is 4.69. The lowest BCUT2D eigenvalue weighted by Gasteiger charge is -1.98. The van der Waals surface area contributed by atoms with Crippen molar-refractivity contribution < 1.29 is 5.11 Å². The summed E-state index contributed by atoms with van der Waals surface area (Å²) in [4.78, 5) is 11.7. The van der Waals surface area contributed by atoms with E-state index < -0.39 is 0 Å². The summed E-state index contributed by atoms with van der Waals surface area (Å²) in [5.41, 5.74) is 4.24. The summed E-state index contributed by atoms with van der Waals surface area (Å²) in [6, 6.07) is 15.2. The van der Waals surface area contributed by atoms with Crippen molar-refractivity contribution in [3.8, 4) is 17.3 Å². The number of rotatable bonds is 2. The van der Waals surface area contributed by atoms with Crippen molar-refractivity contribution in [3.05, 3.63) is 64.8 Å². The third-order valence-electron chi connectivity index (χ3n) is 3.67. The van der Waals surface area contributed by atoms with Crippen LogP contribution < -0.4 is 0 Å². The van der Waals surface area contributed by atoms with Crippen molar-refractivity contribution >= 4 is 35.2 Å². The Morgan fingerprint density at radius 2 is 1.96 bits per heavy atom. The maximum Gasteiger partial charge on any atom is 0.237 e. The molecule has 2 aromatic carbocycles. The molecule has 0 saturated carbocycles. The van der Waals surface area contributed by atoms with Gasteiger partial charge in [0, 0.05) is 27.9 Å². The quantitative estimate of drug-likeness (QED) is 0.719. The minimum Gasteiger partial charge on any atom is -0.492 e. The van der Waals surface area contributed by atoms with Gasteiger partial charge in [-0.25, -0.2) is 0 Å². The first-order valence-corrected chi connectivity index (χ1v) is 7.48. The van der Waals surface area contributed by atoms with Crippen LogP contribution >= 0.6 is 11.6 Å². The molecule has 0 bridgehead atoms. The van der Waals surface area contributed by atoms with Gasteiger partial charge in [0.05, 0.1) is 5.69 Å². The van der Waals surface area contributed by atoms with Gasteiger partial charge in [-0.1, -0.05) is 41.9 Å². The molecule has 1 aromatic heterocycles. The largest absolute Gasteiger partial charge is 0.492 e. The summed E-state index contributed by atoms with van der Waals surface area (Å²) in [7, 11) is 0. The molecule has 0 spiro atoms. The first kappa shape index (κ1) is 13.8. The number of allylic oxidation sites excluding steroid dienone is 1. The van der Waals surface area contributed by atoms with E-state index >= 15 is 0 Å². The van der Waals surface area contributed by atoms with Crippen LogP contribution in [-0.2, 0) is 0 Å². The molecule has 0 atom stereocenters. The van der Waals surface area contributed by atoms with Crippen LogP contribution in [0.4, 0.5) is 5.69 Å². The van der Waals surface area contributed by atoms with Crippen molar-refractivity contribution in [2.75, 3.05) is 0 Å². The minimum absolute atomic E-state index is 0.0507. The molecule has 2 heterocycles. The molecule has 0 unspecified atom stereocenters. The van der Waals surface area contributed by atoms with Gasteiger partial charge in [-0.15, -0.1) is 0 Å². The maximum absolute atomic E-state index is 10.1. The van der Waals surface area contributed by atoms with E-state index in [1.54, 1.807) is 18.3 Å². The number of aromatic amines is 1. The van der Waals surface area contributed by atoms with Gasteiger partial charge < -0.3 is 10.1 Å². The lowest BCUT2D eigenvalue weighted by Crippen LogP contribution is -1.82. The monoisotopic (exact) mass is 321 g/mol. The van der Waals surface area contributed by atoms with Gasteiger partial charge in [-0.3, -0.25) is 4.99 Å². The van der Waals surface area contributed by atoms with Gasteiger partial charge in [-0.05, 0) is 24.3 Å². The van der Waals surface area contributed by atoms with Crippen LogP contribution in [0.15, 0.2) is 53.5 Å². The number of nitrogens with zero attached hydrogens (tertiary/aromatic N) is 2. The number of hydrogen-bond acceptors (Lipinski definition) is 3. The van der Waals surface area contributed by atoms with Crippen molar-refractivity contribution in [2.45, 2.75) is 0 Å². The molecule has 0 aliphatic carbocycles. The van der Waals surface area contributed by atoms with Crippen LogP contribution in [0.5, 0.6) is 5.88 Å². The summed E-state index contributed by atoms with van der Waals surface area (Å²) in [5, 5.41) is 10.7. The van der Waals surface area contributed by atoms with Crippen LogP contribution in [0.2, 0.25) is 5.02 Å². The van der Waals surface area contributed by atoms with Crippen LogP contribution in [0.1, 0.15) is 11.3 Å². The van der Waals surface area contributed by atoms with Gasteiger partial charge in [0.25, 0.3) is 0 Å². The van der Waals surface area contributed by atoms with E-state index in [2.05, 4.69) is 15.0 Å². The average Bonchev–Trinajstić information content (AvgIpc) is 3.13. The van der Waals surface area contributed by atoms with Crippen molar-refractivity contribution in [1.29, 1.82) is 0 Å². The number of imidazole rings is 1. The smallest absolute Gasteiger partial charge is 0.237 e. The second kappa shape index (κ2) is 5.41. The fraction of sp³-hybridized carbons (Fsp3) is 0. The number of aliphatic imine (C=N–C) groups is 1. The van der Waals surface area contributed by atoms with Crippen LogP contribution in [0, 0.1) is 0 Å². The number of aromatic nitrogens is 2. The van der Waals surface area contributed by atoms with Crippen LogP contribution in [0.3, 0.4) is 0 Å². The lowest BCUT2D eigenvalue weighted by atomic mass is 10.1. The molecule has 112 valence electrons. The Morgan fingerprint density at radius 1 is 1.09 bits per heavy atom. The highest BCUT2D eigenvalue weighted by molar-refractivity contribution is 6.30. The predicted molar refractivity (Wildman–Crippen MR) is 93.2 cm³/mol. The normalized spacial score (nSPS) is 14.4. The Bertz CT molecular complexity index is 956.